The highest BCUT2D eigenvalue weighted by Gasteiger charge is 2.21. The van der Waals surface area contributed by atoms with E-state index in [4.69, 9.17) is 0 Å². The van der Waals surface area contributed by atoms with Crippen molar-refractivity contribution in [2.45, 2.75) is 18.7 Å². The van der Waals surface area contributed by atoms with Gasteiger partial charge >= 0.3 is 0 Å². The largest absolute Gasteiger partial charge is 0.322 e. The minimum Gasteiger partial charge on any atom is -0.322 e. The summed E-state index contributed by atoms with van der Waals surface area (Å²) in [6.07, 6.45) is 1.84. The number of carbonyl (C=O) groups excluding carboxylic acids is 1. The summed E-state index contributed by atoms with van der Waals surface area (Å²) >= 11 is 0. The summed E-state index contributed by atoms with van der Waals surface area (Å²) < 4.78 is 26.7. The average Bonchev–Trinajstić information content (AvgIpc) is 2.79. The van der Waals surface area contributed by atoms with Crippen LogP contribution in [0, 0.1) is 0 Å². The number of nitrogens with zero attached hydrogens (tertiary/aromatic N) is 1. The topological polar surface area (TPSA) is 66.5 Å². The predicted octanol–water partition coefficient (Wildman–Crippen LogP) is 4.90. The third kappa shape index (κ3) is 5.48. The Labute approximate surface area is 184 Å². The highest BCUT2D eigenvalue weighted by Crippen LogP contribution is 2.22. The maximum absolute atomic E-state index is 13.1. The van der Waals surface area contributed by atoms with Crippen molar-refractivity contribution in [1.29, 1.82) is 0 Å². The summed E-state index contributed by atoms with van der Waals surface area (Å²) in [7, 11) is -3.54. The van der Waals surface area contributed by atoms with E-state index < -0.39 is 10.0 Å². The van der Waals surface area contributed by atoms with Gasteiger partial charge in [-0.1, -0.05) is 74.5 Å². The van der Waals surface area contributed by atoms with Crippen molar-refractivity contribution >= 4 is 33.3 Å². The van der Waals surface area contributed by atoms with Crippen molar-refractivity contribution < 1.29 is 13.2 Å². The van der Waals surface area contributed by atoms with Crippen LogP contribution >= 0.6 is 0 Å². The molecule has 0 radical (unpaired) electrons. The first-order chi connectivity index (χ1) is 15.0. The molecule has 3 aromatic rings. The number of anilines is 1. The Hall–Kier alpha value is -3.22. The number of benzene rings is 3. The van der Waals surface area contributed by atoms with Crippen LogP contribution in [-0.2, 0) is 14.8 Å². The highest BCUT2D eigenvalue weighted by molar-refractivity contribution is 7.89. The molecule has 1 amide bonds. The molecule has 0 aliphatic carbocycles. The second kappa shape index (κ2) is 10.2. The minimum absolute atomic E-state index is 0.206. The van der Waals surface area contributed by atoms with Crippen molar-refractivity contribution in [3.8, 4) is 0 Å². The molecule has 3 rings (SSSR count). The van der Waals surface area contributed by atoms with Crippen LogP contribution < -0.4 is 5.32 Å². The van der Waals surface area contributed by atoms with Crippen molar-refractivity contribution in [1.82, 2.24) is 4.31 Å². The second-order valence-corrected chi connectivity index (χ2v) is 8.84. The van der Waals surface area contributed by atoms with E-state index in [2.05, 4.69) is 5.32 Å². The summed E-state index contributed by atoms with van der Waals surface area (Å²) in [5.74, 6) is -0.269. The number of rotatable bonds is 8. The Morgan fingerprint density at radius 1 is 0.839 bits per heavy atom. The summed E-state index contributed by atoms with van der Waals surface area (Å²) in [5.41, 5.74) is 2.76. The first-order valence-corrected chi connectivity index (χ1v) is 11.6. The molecule has 0 saturated carbocycles. The zero-order valence-electron chi connectivity index (χ0n) is 17.7. The molecule has 0 aliphatic rings. The van der Waals surface area contributed by atoms with Crippen LogP contribution in [0.15, 0.2) is 89.8 Å². The fourth-order valence-electron chi connectivity index (χ4n) is 3.23. The van der Waals surface area contributed by atoms with Crippen LogP contribution in [0.1, 0.15) is 25.0 Å². The van der Waals surface area contributed by atoms with Crippen molar-refractivity contribution in [3.63, 3.8) is 0 Å². The van der Waals surface area contributed by atoms with Gasteiger partial charge < -0.3 is 5.32 Å². The van der Waals surface area contributed by atoms with E-state index >= 15 is 0 Å². The van der Waals surface area contributed by atoms with E-state index in [1.54, 1.807) is 26.0 Å². The molecule has 1 N–H and O–H groups in total. The Morgan fingerprint density at radius 2 is 1.39 bits per heavy atom. The summed E-state index contributed by atoms with van der Waals surface area (Å²) in [4.78, 5) is 13.3. The fourth-order valence-corrected chi connectivity index (χ4v) is 4.69. The smallest absolute Gasteiger partial charge is 0.256 e. The molecular weight excluding hydrogens is 408 g/mol. The number of carbonyl (C=O) groups is 1. The van der Waals surface area contributed by atoms with E-state index in [-0.39, 0.29) is 10.8 Å². The lowest BCUT2D eigenvalue weighted by molar-refractivity contribution is -0.111. The molecule has 0 aromatic heterocycles. The summed E-state index contributed by atoms with van der Waals surface area (Å²) in [6.45, 7) is 4.42. The summed E-state index contributed by atoms with van der Waals surface area (Å²) in [6, 6.07) is 25.3. The van der Waals surface area contributed by atoms with Gasteiger partial charge in [0.05, 0.1) is 4.90 Å². The van der Waals surface area contributed by atoms with Gasteiger partial charge in [-0.25, -0.2) is 8.42 Å². The van der Waals surface area contributed by atoms with Crippen LogP contribution in [0.5, 0.6) is 0 Å². The van der Waals surface area contributed by atoms with E-state index in [0.717, 1.165) is 11.1 Å². The predicted molar refractivity (Wildman–Crippen MR) is 126 cm³/mol. The number of amides is 1. The maximum Gasteiger partial charge on any atom is 0.256 e. The van der Waals surface area contributed by atoms with Gasteiger partial charge in [-0.05, 0) is 41.5 Å². The first-order valence-electron chi connectivity index (χ1n) is 10.2. The molecule has 6 heteroatoms. The first kappa shape index (κ1) is 22.5. The molecule has 160 valence electrons. The molecule has 0 fully saturated rings. The molecule has 5 nitrogen and oxygen atoms in total. The van der Waals surface area contributed by atoms with Gasteiger partial charge in [0.25, 0.3) is 5.91 Å². The van der Waals surface area contributed by atoms with Crippen LogP contribution in [-0.4, -0.2) is 31.7 Å². The van der Waals surface area contributed by atoms with Gasteiger partial charge in [0.2, 0.25) is 10.0 Å². The van der Waals surface area contributed by atoms with Crippen molar-refractivity contribution in [3.05, 3.63) is 96.1 Å². The molecule has 0 atom stereocenters. The fraction of sp³-hybridized carbons (Fsp3) is 0.160. The van der Waals surface area contributed by atoms with E-state index in [0.29, 0.717) is 24.4 Å². The van der Waals surface area contributed by atoms with E-state index in [1.165, 1.54) is 16.4 Å². The average molecular weight is 435 g/mol. The van der Waals surface area contributed by atoms with Crippen molar-refractivity contribution in [2.75, 3.05) is 18.4 Å². The van der Waals surface area contributed by atoms with Crippen molar-refractivity contribution in [2.24, 2.45) is 0 Å². The standard InChI is InChI=1S/C25H26N2O3S/c1-3-27(4-2)31(29,30)23-17-15-22(16-18-23)26-25(28)24(21-13-9-6-10-14-21)19-20-11-7-5-8-12-20/h5-19H,3-4H2,1-2H3,(H,26,28). The monoisotopic (exact) mass is 434 g/mol. The van der Waals surface area contributed by atoms with Gasteiger partial charge in [-0.15, -0.1) is 0 Å². The normalized spacial score (nSPS) is 12.0. The Bertz CT molecular complexity index is 1140. The van der Waals surface area contributed by atoms with Gasteiger partial charge in [-0.2, -0.15) is 4.31 Å². The molecule has 0 bridgehead atoms. The van der Waals surface area contributed by atoms with Crippen LogP contribution in [0.3, 0.4) is 0 Å². The van der Waals surface area contributed by atoms with Gasteiger partial charge in [0.15, 0.2) is 0 Å². The van der Waals surface area contributed by atoms with E-state index in [1.807, 2.05) is 66.7 Å². The minimum atomic E-state index is -3.54. The van der Waals surface area contributed by atoms with Gasteiger partial charge in [-0.3, -0.25) is 4.79 Å². The number of sulfonamides is 1. The van der Waals surface area contributed by atoms with Gasteiger partial charge in [0.1, 0.15) is 0 Å². The van der Waals surface area contributed by atoms with E-state index in [9.17, 15) is 13.2 Å². The third-order valence-corrected chi connectivity index (χ3v) is 6.96. The SMILES string of the molecule is CCN(CC)S(=O)(=O)c1ccc(NC(=O)C(=Cc2ccccc2)c2ccccc2)cc1. The van der Waals surface area contributed by atoms with Crippen LogP contribution in [0.2, 0.25) is 0 Å². The molecule has 0 saturated heterocycles. The molecular formula is C25H26N2O3S. The lowest BCUT2D eigenvalue weighted by Gasteiger charge is -2.18. The molecule has 3 aromatic carbocycles. The quantitative estimate of drug-likeness (QED) is 0.405. The van der Waals surface area contributed by atoms with Crippen LogP contribution in [0.25, 0.3) is 11.6 Å². The Kier molecular flexibility index (Phi) is 7.39. The maximum atomic E-state index is 13.1. The second-order valence-electron chi connectivity index (χ2n) is 6.90. The zero-order valence-corrected chi connectivity index (χ0v) is 18.5. The Balaban J connectivity index is 1.86. The number of nitrogens with one attached hydrogen (secondary N) is 1. The summed E-state index contributed by atoms with van der Waals surface area (Å²) in [5, 5.41) is 2.88. The molecule has 0 spiro atoms. The molecule has 0 heterocycles. The molecule has 0 unspecified atom stereocenters. The molecule has 0 aliphatic heterocycles. The van der Waals surface area contributed by atoms with Crippen LogP contribution in [0.4, 0.5) is 5.69 Å². The third-order valence-electron chi connectivity index (χ3n) is 4.90. The number of hydrogen-bond acceptors (Lipinski definition) is 3. The lowest BCUT2D eigenvalue weighted by Crippen LogP contribution is -2.30. The number of hydrogen-bond donors (Lipinski definition) is 1. The molecule has 31 heavy (non-hydrogen) atoms. The van der Waals surface area contributed by atoms with Gasteiger partial charge in [0, 0.05) is 24.4 Å². The Morgan fingerprint density at radius 3 is 1.94 bits per heavy atom. The highest BCUT2D eigenvalue weighted by atomic mass is 32.2. The lowest BCUT2D eigenvalue weighted by atomic mass is 10.0. The zero-order chi connectivity index (χ0) is 22.3.